The second-order valence-corrected chi connectivity index (χ2v) is 5.34. The van der Waals surface area contributed by atoms with Gasteiger partial charge in [0.2, 0.25) is 5.76 Å². The van der Waals surface area contributed by atoms with Gasteiger partial charge in [-0.05, 0) is 18.2 Å². The highest BCUT2D eigenvalue weighted by molar-refractivity contribution is 6.02. The molecule has 2 heterocycles. The van der Waals surface area contributed by atoms with E-state index >= 15 is 0 Å². The number of nitrogens with zero attached hydrogens (tertiary/aromatic N) is 1. The molecule has 0 unspecified atom stereocenters. The summed E-state index contributed by atoms with van der Waals surface area (Å²) in [5, 5.41) is 2.86. The molecule has 0 fully saturated rings. The van der Waals surface area contributed by atoms with Crippen LogP contribution in [0.25, 0.3) is 0 Å². The van der Waals surface area contributed by atoms with E-state index in [1.165, 1.54) is 12.1 Å². The molecule has 1 aromatic heterocycles. The van der Waals surface area contributed by atoms with Crippen molar-refractivity contribution in [3.05, 3.63) is 53.5 Å². The van der Waals surface area contributed by atoms with Crippen LogP contribution in [-0.2, 0) is 4.74 Å². The first kappa shape index (κ1) is 16.9. The summed E-state index contributed by atoms with van der Waals surface area (Å²) in [5.74, 6) is -1.91. The quantitative estimate of drug-likeness (QED) is 0.857. The number of ether oxygens (including phenoxy) is 1. The first-order valence-electron chi connectivity index (χ1n) is 7.21. The number of methoxy groups -OCH3 is 1. The Bertz CT molecular complexity index is 816. The third kappa shape index (κ3) is 3.17. The predicted octanol–water partition coefficient (Wildman–Crippen LogP) is 3.20. The molecule has 1 aliphatic rings. The molecule has 132 valence electrons. The molecule has 1 aliphatic heterocycles. The van der Waals surface area contributed by atoms with E-state index in [1.807, 2.05) is 0 Å². The molecule has 1 N–H and O–H groups in total. The minimum atomic E-state index is -4.61. The van der Waals surface area contributed by atoms with Crippen molar-refractivity contribution in [3.63, 3.8) is 0 Å². The lowest BCUT2D eigenvalue weighted by Gasteiger charge is -2.38. The van der Waals surface area contributed by atoms with Gasteiger partial charge in [0.25, 0.3) is 5.91 Å². The number of carbonyl (C=O) groups is 2. The van der Waals surface area contributed by atoms with Crippen molar-refractivity contribution in [1.29, 1.82) is 0 Å². The number of anilines is 1. The third-order valence-electron chi connectivity index (χ3n) is 3.73. The Kier molecular flexibility index (Phi) is 4.15. The summed E-state index contributed by atoms with van der Waals surface area (Å²) >= 11 is 0. The normalized spacial score (nSPS) is 17.0. The molecule has 0 bridgehead atoms. The van der Waals surface area contributed by atoms with Gasteiger partial charge in [0.15, 0.2) is 0 Å². The number of rotatable bonds is 3. The van der Waals surface area contributed by atoms with E-state index in [1.54, 1.807) is 18.2 Å². The summed E-state index contributed by atoms with van der Waals surface area (Å²) < 4.78 is 48.6. The van der Waals surface area contributed by atoms with Crippen LogP contribution in [0.5, 0.6) is 0 Å². The third-order valence-corrected chi connectivity index (χ3v) is 3.73. The summed E-state index contributed by atoms with van der Waals surface area (Å²) in [6, 6.07) is 7.53. The van der Waals surface area contributed by atoms with E-state index in [0.29, 0.717) is 10.6 Å². The molecular formula is C16H13F3N2O4. The predicted molar refractivity (Wildman–Crippen MR) is 79.9 cm³/mol. The van der Waals surface area contributed by atoms with E-state index in [0.717, 1.165) is 13.4 Å². The van der Waals surface area contributed by atoms with Crippen molar-refractivity contribution in [2.75, 3.05) is 19.0 Å². The van der Waals surface area contributed by atoms with E-state index in [9.17, 15) is 22.8 Å². The van der Waals surface area contributed by atoms with Crippen LogP contribution >= 0.6 is 0 Å². The number of amides is 1. The van der Waals surface area contributed by atoms with Gasteiger partial charge < -0.3 is 19.4 Å². The van der Waals surface area contributed by atoms with Crippen molar-refractivity contribution < 1.29 is 31.9 Å². The largest absolute Gasteiger partial charge is 0.463 e. The number of fused-ring (bicyclic) bond motifs is 1. The minimum Gasteiger partial charge on any atom is -0.463 e. The number of esters is 1. The summed E-state index contributed by atoms with van der Waals surface area (Å²) in [6.45, 7) is -1.48. The van der Waals surface area contributed by atoms with Gasteiger partial charge >= 0.3 is 12.1 Å². The zero-order valence-electron chi connectivity index (χ0n) is 13.0. The summed E-state index contributed by atoms with van der Waals surface area (Å²) in [7, 11) is 1.12. The monoisotopic (exact) mass is 354 g/mol. The number of halogens is 3. The Hall–Kier alpha value is -2.97. The van der Waals surface area contributed by atoms with Crippen molar-refractivity contribution >= 4 is 17.6 Å². The van der Waals surface area contributed by atoms with Gasteiger partial charge in [-0.3, -0.25) is 4.79 Å². The summed E-state index contributed by atoms with van der Waals surface area (Å²) in [5.41, 5.74) is 0.568. The molecule has 3 rings (SSSR count). The summed E-state index contributed by atoms with van der Waals surface area (Å²) in [6.07, 6.45) is -4.69. The molecule has 6 nitrogen and oxygen atoms in total. The maximum absolute atomic E-state index is 13.0. The molecule has 1 aromatic carbocycles. The fraction of sp³-hybridized carbons (Fsp3) is 0.250. The van der Waals surface area contributed by atoms with Gasteiger partial charge in [-0.1, -0.05) is 12.1 Å². The molecule has 1 atom stereocenters. The van der Waals surface area contributed by atoms with Crippen LogP contribution in [0.4, 0.5) is 18.9 Å². The number of hydrogen-bond acceptors (Lipinski definition) is 5. The van der Waals surface area contributed by atoms with Crippen LogP contribution < -0.4 is 5.32 Å². The van der Waals surface area contributed by atoms with Crippen LogP contribution in [-0.4, -0.2) is 36.6 Å². The Labute approximate surface area is 140 Å². The van der Waals surface area contributed by atoms with Crippen LogP contribution in [0.1, 0.15) is 32.6 Å². The molecule has 0 aliphatic carbocycles. The highest BCUT2D eigenvalue weighted by Crippen LogP contribution is 2.36. The van der Waals surface area contributed by atoms with Crippen molar-refractivity contribution in [2.24, 2.45) is 0 Å². The number of furan rings is 1. The number of benzene rings is 1. The first-order valence-corrected chi connectivity index (χ1v) is 7.21. The molecule has 0 radical (unpaired) electrons. The first-order chi connectivity index (χ1) is 11.8. The van der Waals surface area contributed by atoms with Crippen LogP contribution in [0.3, 0.4) is 0 Å². The van der Waals surface area contributed by atoms with E-state index in [2.05, 4.69) is 10.1 Å². The smallest absolute Gasteiger partial charge is 0.406 e. The maximum Gasteiger partial charge on any atom is 0.406 e. The Balaban J connectivity index is 2.08. The van der Waals surface area contributed by atoms with Crippen molar-refractivity contribution in [3.8, 4) is 0 Å². The maximum atomic E-state index is 13.0. The number of para-hydroxylation sites is 1. The highest BCUT2D eigenvalue weighted by Gasteiger charge is 2.42. The molecular weight excluding hydrogens is 341 g/mol. The number of alkyl halides is 3. The van der Waals surface area contributed by atoms with E-state index in [-0.39, 0.29) is 16.9 Å². The topological polar surface area (TPSA) is 71.8 Å². The van der Waals surface area contributed by atoms with Crippen LogP contribution in [0.15, 0.2) is 41.0 Å². The fourth-order valence-electron chi connectivity index (χ4n) is 2.69. The van der Waals surface area contributed by atoms with Gasteiger partial charge in [0, 0.05) is 11.3 Å². The molecule has 1 amide bonds. The molecule has 2 aromatic rings. The Morgan fingerprint density at radius 2 is 2.04 bits per heavy atom. The highest BCUT2D eigenvalue weighted by atomic mass is 19.4. The zero-order chi connectivity index (χ0) is 18.2. The van der Waals surface area contributed by atoms with Crippen LogP contribution in [0.2, 0.25) is 0 Å². The number of hydrogen-bond donors (Lipinski definition) is 1. The van der Waals surface area contributed by atoms with Gasteiger partial charge in [-0.2, -0.15) is 13.2 Å². The molecule has 0 spiro atoms. The molecule has 25 heavy (non-hydrogen) atoms. The van der Waals surface area contributed by atoms with Crippen LogP contribution in [0, 0.1) is 0 Å². The van der Waals surface area contributed by atoms with Gasteiger partial charge in [0.05, 0.1) is 18.9 Å². The fourth-order valence-corrected chi connectivity index (χ4v) is 2.69. The van der Waals surface area contributed by atoms with Crippen molar-refractivity contribution in [2.45, 2.75) is 12.3 Å². The lowest BCUT2D eigenvalue weighted by atomic mass is 10.0. The summed E-state index contributed by atoms with van der Waals surface area (Å²) in [4.78, 5) is 25.0. The zero-order valence-corrected chi connectivity index (χ0v) is 13.0. The second-order valence-electron chi connectivity index (χ2n) is 5.34. The average Bonchev–Trinajstić information content (AvgIpc) is 3.05. The minimum absolute atomic E-state index is 0.0824. The standard InChI is InChI=1S/C16H13F3N2O4/c1-24-15(23)12-10(6-7-25-12)13-20-11-5-3-2-4-9(11)14(22)21(13)8-16(17,18)19/h2-7,13,20H,8H2,1H3/t13-/m1/s1. The van der Waals surface area contributed by atoms with Crippen molar-refractivity contribution in [1.82, 2.24) is 4.90 Å². The van der Waals surface area contributed by atoms with Gasteiger partial charge in [0.1, 0.15) is 12.7 Å². The second kappa shape index (κ2) is 6.15. The lowest BCUT2D eigenvalue weighted by Crippen LogP contribution is -2.47. The van der Waals surface area contributed by atoms with Gasteiger partial charge in [-0.25, -0.2) is 4.79 Å². The number of nitrogens with one attached hydrogen (secondary N) is 1. The lowest BCUT2D eigenvalue weighted by molar-refractivity contribution is -0.144. The molecule has 0 saturated heterocycles. The average molecular weight is 354 g/mol. The van der Waals surface area contributed by atoms with Gasteiger partial charge in [-0.15, -0.1) is 0 Å². The van der Waals surface area contributed by atoms with E-state index < -0.39 is 30.8 Å². The Morgan fingerprint density at radius 1 is 1.32 bits per heavy atom. The molecule has 0 saturated carbocycles. The SMILES string of the molecule is COC(=O)c1occc1[C@@H]1Nc2ccccc2C(=O)N1CC(F)(F)F. The number of carbonyl (C=O) groups excluding carboxylic acids is 2. The van der Waals surface area contributed by atoms with E-state index in [4.69, 9.17) is 4.42 Å². The molecule has 9 heteroatoms. The Morgan fingerprint density at radius 3 is 2.72 bits per heavy atom.